The minimum atomic E-state index is -4.37. The quantitative estimate of drug-likeness (QED) is 0.107. The predicted molar refractivity (Wildman–Crippen MR) is 166 cm³/mol. The lowest BCUT2D eigenvalue weighted by atomic mass is 9.92. The molecule has 4 rings (SSSR count). The second kappa shape index (κ2) is 16.3. The highest BCUT2D eigenvalue weighted by Gasteiger charge is 2.58. The molecule has 2 unspecified atom stereocenters. The number of benzene rings is 1. The van der Waals surface area contributed by atoms with Crippen molar-refractivity contribution in [2.75, 3.05) is 19.8 Å². The van der Waals surface area contributed by atoms with Crippen LogP contribution in [0.25, 0.3) is 5.52 Å². The molecule has 2 aromatic heterocycles. The van der Waals surface area contributed by atoms with E-state index in [0.29, 0.717) is 30.5 Å². The van der Waals surface area contributed by atoms with E-state index in [1.54, 1.807) is 31.2 Å². The van der Waals surface area contributed by atoms with E-state index in [-0.39, 0.29) is 30.6 Å². The molecule has 254 valence electrons. The van der Waals surface area contributed by atoms with E-state index in [1.165, 1.54) is 36.0 Å². The summed E-state index contributed by atoms with van der Waals surface area (Å²) in [5, 5.41) is 38.9. The standard InChI is InChI=1S/C31H40N5O10P/c1-4-5-13-27(37)42-16-9-10-17-43-30(40)22(3)35-47(41,46-23-11-7-6-8-12-23)44-18-25-28(38)29(39)31(19-32,45-25)26-15-14-24-21(2)33-20-34-36(24)26/h6-8,11-12,14-15,20,22,25,28-29,38-39H,4-5,9-10,13,16-18H2,1-3H3,(H,35,41)/t22?,25-,28-,29-,31+,47?/m1/s1. The summed E-state index contributed by atoms with van der Waals surface area (Å²) in [6.45, 7) is 4.80. The Labute approximate surface area is 272 Å². The van der Waals surface area contributed by atoms with Crippen LogP contribution < -0.4 is 9.61 Å². The fraction of sp³-hybridized carbons (Fsp3) is 0.516. The Hall–Kier alpha value is -3.90. The maximum absolute atomic E-state index is 14.0. The first-order valence-electron chi connectivity index (χ1n) is 15.4. The van der Waals surface area contributed by atoms with Crippen LogP contribution in [0.2, 0.25) is 0 Å². The van der Waals surface area contributed by atoms with Gasteiger partial charge in [0.25, 0.3) is 0 Å². The Kier molecular flexibility index (Phi) is 12.4. The van der Waals surface area contributed by atoms with Crippen LogP contribution in [0.3, 0.4) is 0 Å². The zero-order chi connectivity index (χ0) is 34.0. The summed E-state index contributed by atoms with van der Waals surface area (Å²) in [6, 6.07) is 12.1. The monoisotopic (exact) mass is 673 g/mol. The van der Waals surface area contributed by atoms with Crippen LogP contribution in [-0.2, 0) is 38.5 Å². The van der Waals surface area contributed by atoms with Gasteiger partial charge in [0.05, 0.1) is 36.7 Å². The molecule has 3 aromatic rings. The van der Waals surface area contributed by atoms with E-state index >= 15 is 0 Å². The van der Waals surface area contributed by atoms with Gasteiger partial charge in [0.15, 0.2) is 0 Å². The number of aliphatic hydroxyl groups excluding tert-OH is 2. The van der Waals surface area contributed by atoms with Gasteiger partial charge in [-0.2, -0.15) is 15.4 Å². The largest absolute Gasteiger partial charge is 0.466 e. The topological polar surface area (TPSA) is 204 Å². The van der Waals surface area contributed by atoms with Crippen molar-refractivity contribution in [1.29, 1.82) is 5.26 Å². The normalized spacial score (nSPS) is 22.7. The van der Waals surface area contributed by atoms with Gasteiger partial charge in [0, 0.05) is 6.42 Å². The third-order valence-corrected chi connectivity index (χ3v) is 9.16. The number of unbranched alkanes of at least 4 members (excludes halogenated alkanes) is 2. The first kappa shape index (κ1) is 35.9. The molecule has 3 heterocycles. The van der Waals surface area contributed by atoms with E-state index in [2.05, 4.69) is 15.2 Å². The molecule has 1 aliphatic heterocycles. The summed E-state index contributed by atoms with van der Waals surface area (Å²) >= 11 is 0. The number of aryl methyl sites for hydroxylation is 1. The second-order valence-electron chi connectivity index (χ2n) is 11.0. The molecule has 1 aliphatic rings. The highest BCUT2D eigenvalue weighted by atomic mass is 31.2. The molecule has 47 heavy (non-hydrogen) atoms. The molecule has 0 radical (unpaired) electrons. The maximum atomic E-state index is 14.0. The molecule has 0 bridgehead atoms. The summed E-state index contributed by atoms with van der Waals surface area (Å²) in [4.78, 5) is 28.5. The van der Waals surface area contributed by atoms with E-state index in [9.17, 15) is 29.6 Å². The van der Waals surface area contributed by atoms with Crippen molar-refractivity contribution in [1.82, 2.24) is 19.7 Å². The number of aromatic nitrogens is 3. The van der Waals surface area contributed by atoms with Crippen molar-refractivity contribution < 1.29 is 47.6 Å². The first-order valence-corrected chi connectivity index (χ1v) is 16.9. The van der Waals surface area contributed by atoms with Crippen LogP contribution in [0.1, 0.15) is 57.3 Å². The number of nitriles is 1. The first-order chi connectivity index (χ1) is 22.5. The lowest BCUT2D eigenvalue weighted by Crippen LogP contribution is -2.41. The molecule has 6 atom stereocenters. The number of aliphatic hydroxyl groups is 2. The zero-order valence-electron chi connectivity index (χ0n) is 26.5. The van der Waals surface area contributed by atoms with Crippen molar-refractivity contribution in [2.45, 2.75) is 82.8 Å². The summed E-state index contributed by atoms with van der Waals surface area (Å²) in [6.07, 6.45) is -0.453. The van der Waals surface area contributed by atoms with Crippen LogP contribution in [0.5, 0.6) is 5.75 Å². The van der Waals surface area contributed by atoms with Gasteiger partial charge < -0.3 is 28.9 Å². The molecule has 3 N–H and O–H groups in total. The van der Waals surface area contributed by atoms with Crippen LogP contribution in [0.4, 0.5) is 0 Å². The number of rotatable bonds is 17. The van der Waals surface area contributed by atoms with Crippen LogP contribution in [0.15, 0.2) is 48.8 Å². The molecular formula is C31H40N5O10P. The highest BCUT2D eigenvalue weighted by molar-refractivity contribution is 7.52. The molecule has 0 aliphatic carbocycles. The fourth-order valence-corrected chi connectivity index (χ4v) is 6.41. The zero-order valence-corrected chi connectivity index (χ0v) is 27.4. The number of ether oxygens (including phenoxy) is 3. The van der Waals surface area contributed by atoms with Crippen molar-refractivity contribution in [3.05, 3.63) is 60.2 Å². The predicted octanol–water partition coefficient (Wildman–Crippen LogP) is 3.12. The van der Waals surface area contributed by atoms with E-state index in [0.717, 1.165) is 12.8 Å². The van der Waals surface area contributed by atoms with E-state index < -0.39 is 50.3 Å². The number of hydrogen-bond acceptors (Lipinski definition) is 13. The third kappa shape index (κ3) is 8.72. The molecule has 0 amide bonds. The second-order valence-corrected chi connectivity index (χ2v) is 12.7. The minimum absolute atomic E-state index is 0.0389. The molecule has 15 nitrogen and oxygen atoms in total. The van der Waals surface area contributed by atoms with Gasteiger partial charge in [0.1, 0.15) is 42.5 Å². The number of fused-ring (bicyclic) bond motifs is 1. The summed E-state index contributed by atoms with van der Waals surface area (Å²) in [5.74, 6) is -0.840. The smallest absolute Gasteiger partial charge is 0.459 e. The van der Waals surface area contributed by atoms with Gasteiger partial charge in [-0.3, -0.25) is 14.1 Å². The van der Waals surface area contributed by atoms with Gasteiger partial charge >= 0.3 is 19.7 Å². The molecule has 1 aromatic carbocycles. The van der Waals surface area contributed by atoms with E-state index in [1.807, 2.05) is 13.0 Å². The number of carbonyl (C=O) groups is 2. The Bertz CT molecular complexity index is 1600. The lowest BCUT2D eigenvalue weighted by Gasteiger charge is -2.25. The van der Waals surface area contributed by atoms with Gasteiger partial charge in [-0.05, 0) is 57.4 Å². The van der Waals surface area contributed by atoms with Crippen molar-refractivity contribution >= 4 is 25.2 Å². The number of para-hydroxylation sites is 1. The minimum Gasteiger partial charge on any atom is -0.466 e. The molecule has 1 saturated heterocycles. The van der Waals surface area contributed by atoms with Gasteiger partial charge in [-0.25, -0.2) is 14.1 Å². The van der Waals surface area contributed by atoms with Crippen LogP contribution >= 0.6 is 7.75 Å². The SMILES string of the molecule is CCCCC(=O)OCCCCOC(=O)C(C)NP(=O)(OC[C@H]1O[C@@](C#N)(c2ccc3c(C)ncnn23)[C@H](O)[C@@H]1O)Oc1ccccc1. The molecule has 1 fully saturated rings. The van der Waals surface area contributed by atoms with E-state index in [4.69, 9.17) is 23.3 Å². The summed E-state index contributed by atoms with van der Waals surface area (Å²) < 4.78 is 43.0. The molecule has 0 spiro atoms. The molecule has 0 saturated carbocycles. The van der Waals surface area contributed by atoms with Crippen molar-refractivity contribution in [3.8, 4) is 11.8 Å². The Morgan fingerprint density at radius 2 is 1.87 bits per heavy atom. The fourth-order valence-electron chi connectivity index (χ4n) is 4.91. The number of esters is 2. The average molecular weight is 674 g/mol. The molecule has 16 heteroatoms. The number of carbonyl (C=O) groups excluding carboxylic acids is 2. The van der Waals surface area contributed by atoms with Crippen LogP contribution in [-0.4, -0.2) is 80.9 Å². The number of nitrogens with zero attached hydrogens (tertiary/aromatic N) is 4. The van der Waals surface area contributed by atoms with Crippen molar-refractivity contribution in [2.24, 2.45) is 0 Å². The number of nitrogens with one attached hydrogen (secondary N) is 1. The van der Waals surface area contributed by atoms with Crippen LogP contribution in [0, 0.1) is 18.3 Å². The Balaban J connectivity index is 1.40. The van der Waals surface area contributed by atoms with Gasteiger partial charge in [0.2, 0.25) is 5.60 Å². The summed E-state index contributed by atoms with van der Waals surface area (Å²) in [7, 11) is -4.37. The maximum Gasteiger partial charge on any atom is 0.459 e. The summed E-state index contributed by atoms with van der Waals surface area (Å²) in [5.41, 5.74) is -0.710. The Morgan fingerprint density at radius 1 is 1.15 bits per heavy atom. The van der Waals surface area contributed by atoms with Gasteiger partial charge in [-0.1, -0.05) is 31.5 Å². The number of hydrogen-bond donors (Lipinski definition) is 3. The highest BCUT2D eigenvalue weighted by Crippen LogP contribution is 2.47. The van der Waals surface area contributed by atoms with Crippen molar-refractivity contribution in [3.63, 3.8) is 0 Å². The molecular weight excluding hydrogens is 633 g/mol. The lowest BCUT2D eigenvalue weighted by molar-refractivity contribution is -0.147. The average Bonchev–Trinajstić information content (AvgIpc) is 3.61. The third-order valence-electron chi connectivity index (χ3n) is 7.51. The van der Waals surface area contributed by atoms with Gasteiger partial charge in [-0.15, -0.1) is 0 Å². The Morgan fingerprint density at radius 3 is 2.57 bits per heavy atom.